The molecular weight excluding hydrogens is 422 g/mol. The highest BCUT2D eigenvalue weighted by atomic mass is 35.5. The standard InChI is InChI=1S/C26H22ClN3O2/c27-21-7-4-17(5-8-21)18-10-12-30(13-11-18)22-3-1-2-19(14-22)25-16-28-24-15-20(26(31)32)6-9-23(24)29-25/h1-9,14-16,18H,10-13H2,(H,31,32). The van der Waals surface area contributed by atoms with E-state index in [0.29, 0.717) is 17.0 Å². The molecule has 0 atom stereocenters. The zero-order chi connectivity index (χ0) is 22.1. The average molecular weight is 444 g/mol. The second-order valence-corrected chi connectivity index (χ2v) is 8.56. The van der Waals surface area contributed by atoms with Crippen LogP contribution in [0.2, 0.25) is 5.02 Å². The van der Waals surface area contributed by atoms with Crippen molar-refractivity contribution in [2.24, 2.45) is 0 Å². The highest BCUT2D eigenvalue weighted by Gasteiger charge is 2.21. The number of aromatic carboxylic acids is 1. The zero-order valence-corrected chi connectivity index (χ0v) is 18.2. The summed E-state index contributed by atoms with van der Waals surface area (Å²) in [5.74, 6) is -0.404. The molecule has 0 unspecified atom stereocenters. The van der Waals surface area contributed by atoms with Crippen molar-refractivity contribution in [2.45, 2.75) is 18.8 Å². The highest BCUT2D eigenvalue weighted by molar-refractivity contribution is 6.30. The predicted molar refractivity (Wildman–Crippen MR) is 128 cm³/mol. The Labute approximate surface area is 191 Å². The molecule has 0 saturated carbocycles. The van der Waals surface area contributed by atoms with E-state index in [4.69, 9.17) is 21.7 Å². The minimum atomic E-state index is -0.967. The molecule has 1 saturated heterocycles. The van der Waals surface area contributed by atoms with Crippen molar-refractivity contribution in [3.05, 3.63) is 89.1 Å². The number of hydrogen-bond acceptors (Lipinski definition) is 4. The molecule has 32 heavy (non-hydrogen) atoms. The van der Waals surface area contributed by atoms with Crippen LogP contribution in [0.1, 0.15) is 34.7 Å². The molecule has 1 aliphatic heterocycles. The quantitative estimate of drug-likeness (QED) is 0.417. The Bertz CT molecular complexity index is 1280. The summed E-state index contributed by atoms with van der Waals surface area (Å²) in [6.45, 7) is 2.00. The van der Waals surface area contributed by atoms with E-state index in [1.165, 1.54) is 11.3 Å². The van der Waals surface area contributed by atoms with E-state index in [9.17, 15) is 4.79 Å². The molecule has 5 rings (SSSR count). The van der Waals surface area contributed by atoms with Crippen LogP contribution in [-0.4, -0.2) is 34.1 Å². The van der Waals surface area contributed by atoms with E-state index in [1.54, 1.807) is 24.4 Å². The SMILES string of the molecule is O=C(O)c1ccc2nc(-c3cccc(N4CCC(c5ccc(Cl)cc5)CC4)c3)cnc2c1. The van der Waals surface area contributed by atoms with Crippen molar-refractivity contribution >= 4 is 34.3 Å². The number of hydrogen-bond donors (Lipinski definition) is 1. The van der Waals surface area contributed by atoms with Crippen LogP contribution in [0.4, 0.5) is 5.69 Å². The monoisotopic (exact) mass is 443 g/mol. The number of aromatic nitrogens is 2. The van der Waals surface area contributed by atoms with Crippen molar-refractivity contribution in [2.75, 3.05) is 18.0 Å². The number of carboxylic acids is 1. The molecule has 6 heteroatoms. The van der Waals surface area contributed by atoms with Crippen LogP contribution in [0.3, 0.4) is 0 Å². The molecule has 1 N–H and O–H groups in total. The Morgan fingerprint density at radius 2 is 1.75 bits per heavy atom. The summed E-state index contributed by atoms with van der Waals surface area (Å²) in [5, 5.41) is 9.94. The van der Waals surface area contributed by atoms with E-state index < -0.39 is 5.97 Å². The van der Waals surface area contributed by atoms with Crippen LogP contribution in [0.15, 0.2) is 72.9 Å². The Morgan fingerprint density at radius 1 is 0.969 bits per heavy atom. The topological polar surface area (TPSA) is 66.3 Å². The molecule has 0 aliphatic carbocycles. The van der Waals surface area contributed by atoms with Gasteiger partial charge in [0.2, 0.25) is 0 Å². The summed E-state index contributed by atoms with van der Waals surface area (Å²) in [6.07, 6.45) is 3.92. The number of piperidine rings is 1. The number of anilines is 1. The van der Waals surface area contributed by atoms with Gasteiger partial charge >= 0.3 is 5.97 Å². The number of benzene rings is 3. The lowest BCUT2D eigenvalue weighted by molar-refractivity contribution is 0.0697. The first-order valence-electron chi connectivity index (χ1n) is 10.7. The molecule has 2 heterocycles. The average Bonchev–Trinajstić information content (AvgIpc) is 2.84. The number of halogens is 1. The maximum atomic E-state index is 11.2. The van der Waals surface area contributed by atoms with Crippen LogP contribution in [0.25, 0.3) is 22.3 Å². The third kappa shape index (κ3) is 4.16. The number of fused-ring (bicyclic) bond motifs is 1. The maximum absolute atomic E-state index is 11.2. The van der Waals surface area contributed by atoms with Crippen LogP contribution in [-0.2, 0) is 0 Å². The first-order valence-corrected chi connectivity index (χ1v) is 11.1. The molecule has 0 amide bonds. The summed E-state index contributed by atoms with van der Waals surface area (Å²) >= 11 is 6.03. The fourth-order valence-corrected chi connectivity index (χ4v) is 4.48. The molecule has 0 bridgehead atoms. The molecular formula is C26H22ClN3O2. The predicted octanol–water partition coefficient (Wildman–Crippen LogP) is 6.03. The molecule has 1 aliphatic rings. The first-order chi connectivity index (χ1) is 15.6. The number of nitrogens with zero attached hydrogens (tertiary/aromatic N) is 3. The summed E-state index contributed by atoms with van der Waals surface area (Å²) in [7, 11) is 0. The Morgan fingerprint density at radius 3 is 2.50 bits per heavy atom. The first kappa shape index (κ1) is 20.5. The van der Waals surface area contributed by atoms with E-state index in [1.807, 2.05) is 18.2 Å². The Hall–Kier alpha value is -3.44. The van der Waals surface area contributed by atoms with Gasteiger partial charge < -0.3 is 10.0 Å². The van der Waals surface area contributed by atoms with Gasteiger partial charge in [0.25, 0.3) is 0 Å². The zero-order valence-electron chi connectivity index (χ0n) is 17.4. The molecule has 0 radical (unpaired) electrons. The summed E-state index contributed by atoms with van der Waals surface area (Å²) < 4.78 is 0. The van der Waals surface area contributed by atoms with Crippen LogP contribution in [0.5, 0.6) is 0 Å². The lowest BCUT2D eigenvalue weighted by atomic mass is 9.89. The van der Waals surface area contributed by atoms with Gasteiger partial charge in [0.15, 0.2) is 0 Å². The lowest BCUT2D eigenvalue weighted by Gasteiger charge is -2.34. The molecule has 1 aromatic heterocycles. The number of rotatable bonds is 4. The number of carboxylic acid groups (broad SMARTS) is 1. The van der Waals surface area contributed by atoms with Crippen LogP contribution >= 0.6 is 11.6 Å². The lowest BCUT2D eigenvalue weighted by Crippen LogP contribution is -2.32. The molecule has 0 spiro atoms. The van der Waals surface area contributed by atoms with Crippen molar-refractivity contribution < 1.29 is 9.90 Å². The molecule has 3 aromatic carbocycles. The maximum Gasteiger partial charge on any atom is 0.335 e. The van der Waals surface area contributed by atoms with Gasteiger partial charge in [0.05, 0.1) is 28.5 Å². The Balaban J connectivity index is 1.34. The normalized spacial score (nSPS) is 14.6. The van der Waals surface area contributed by atoms with Crippen molar-refractivity contribution in [1.29, 1.82) is 0 Å². The minimum absolute atomic E-state index is 0.212. The van der Waals surface area contributed by atoms with Crippen molar-refractivity contribution in [3.8, 4) is 11.3 Å². The van der Waals surface area contributed by atoms with Gasteiger partial charge in [0, 0.05) is 29.4 Å². The molecule has 1 fully saturated rings. The van der Waals surface area contributed by atoms with E-state index in [0.717, 1.165) is 42.2 Å². The van der Waals surface area contributed by atoms with Gasteiger partial charge in [-0.15, -0.1) is 0 Å². The van der Waals surface area contributed by atoms with Gasteiger partial charge in [-0.05, 0) is 66.8 Å². The molecule has 5 nitrogen and oxygen atoms in total. The summed E-state index contributed by atoms with van der Waals surface area (Å²) in [6, 6.07) is 21.4. The van der Waals surface area contributed by atoms with Gasteiger partial charge in [-0.25, -0.2) is 9.78 Å². The van der Waals surface area contributed by atoms with Gasteiger partial charge in [-0.1, -0.05) is 35.9 Å². The third-order valence-electron chi connectivity index (χ3n) is 6.13. The Kier molecular flexibility index (Phi) is 5.50. The highest BCUT2D eigenvalue weighted by Crippen LogP contribution is 2.32. The molecule has 4 aromatic rings. The third-order valence-corrected chi connectivity index (χ3v) is 6.38. The second kappa shape index (κ2) is 8.60. The minimum Gasteiger partial charge on any atom is -0.478 e. The fourth-order valence-electron chi connectivity index (χ4n) is 4.35. The van der Waals surface area contributed by atoms with Crippen LogP contribution < -0.4 is 4.90 Å². The van der Waals surface area contributed by atoms with Gasteiger partial charge in [-0.2, -0.15) is 0 Å². The fraction of sp³-hybridized carbons (Fsp3) is 0.192. The second-order valence-electron chi connectivity index (χ2n) is 8.13. The van der Waals surface area contributed by atoms with Gasteiger partial charge in [0.1, 0.15) is 0 Å². The smallest absolute Gasteiger partial charge is 0.335 e. The van der Waals surface area contributed by atoms with Crippen LogP contribution in [0, 0.1) is 0 Å². The largest absolute Gasteiger partial charge is 0.478 e. The van der Waals surface area contributed by atoms with E-state index in [-0.39, 0.29) is 5.56 Å². The molecule has 160 valence electrons. The summed E-state index contributed by atoms with van der Waals surface area (Å²) in [4.78, 5) is 22.7. The van der Waals surface area contributed by atoms with E-state index >= 15 is 0 Å². The summed E-state index contributed by atoms with van der Waals surface area (Å²) in [5.41, 5.74) is 5.79. The van der Waals surface area contributed by atoms with Gasteiger partial charge in [-0.3, -0.25) is 4.98 Å². The van der Waals surface area contributed by atoms with Crippen molar-refractivity contribution in [3.63, 3.8) is 0 Å². The number of carbonyl (C=O) groups is 1. The van der Waals surface area contributed by atoms with Crippen molar-refractivity contribution in [1.82, 2.24) is 9.97 Å². The van der Waals surface area contributed by atoms with E-state index in [2.05, 4.69) is 40.2 Å².